The van der Waals surface area contributed by atoms with Gasteiger partial charge in [-0.3, -0.25) is 4.79 Å². The van der Waals surface area contributed by atoms with Crippen LogP contribution in [0, 0.1) is 11.3 Å². The Labute approximate surface area is 127 Å². The van der Waals surface area contributed by atoms with Gasteiger partial charge in [0.05, 0.1) is 11.8 Å². The summed E-state index contributed by atoms with van der Waals surface area (Å²) in [6, 6.07) is 9.35. The van der Waals surface area contributed by atoms with Crippen LogP contribution in [-0.4, -0.2) is 19.7 Å². The van der Waals surface area contributed by atoms with E-state index in [0.29, 0.717) is 0 Å². The molecule has 6 nitrogen and oxygen atoms in total. The minimum atomic E-state index is -0.431. The highest BCUT2D eigenvalue weighted by molar-refractivity contribution is 9.10. The SMILES string of the molecule is N#Cc1cnn2c(O)c(Cc3ccc(Br)cc3)c(=O)[nH]c12. The molecule has 0 fully saturated rings. The lowest BCUT2D eigenvalue weighted by Gasteiger charge is -2.06. The summed E-state index contributed by atoms with van der Waals surface area (Å²) >= 11 is 3.34. The van der Waals surface area contributed by atoms with Gasteiger partial charge in [0.2, 0.25) is 5.88 Å². The highest BCUT2D eigenvalue weighted by Crippen LogP contribution is 2.20. The Morgan fingerprint density at radius 3 is 2.76 bits per heavy atom. The van der Waals surface area contributed by atoms with Crippen LogP contribution in [0.5, 0.6) is 5.88 Å². The number of aromatic hydroxyl groups is 1. The maximum Gasteiger partial charge on any atom is 0.258 e. The number of rotatable bonds is 2. The summed E-state index contributed by atoms with van der Waals surface area (Å²) < 4.78 is 2.10. The number of nitrogens with zero attached hydrogens (tertiary/aromatic N) is 3. The van der Waals surface area contributed by atoms with Gasteiger partial charge in [0.15, 0.2) is 5.65 Å². The average Bonchev–Trinajstić information content (AvgIpc) is 2.88. The first-order valence-corrected chi connectivity index (χ1v) is 6.86. The minimum absolute atomic E-state index is 0.194. The third-order valence-electron chi connectivity index (χ3n) is 3.16. The lowest BCUT2D eigenvalue weighted by molar-refractivity contribution is 0.428. The van der Waals surface area contributed by atoms with Gasteiger partial charge in [-0.1, -0.05) is 28.1 Å². The fraction of sp³-hybridized carbons (Fsp3) is 0.0714. The third kappa shape index (κ3) is 2.30. The number of hydrogen-bond donors (Lipinski definition) is 2. The van der Waals surface area contributed by atoms with Crippen molar-refractivity contribution >= 4 is 21.6 Å². The van der Waals surface area contributed by atoms with Crippen LogP contribution in [0.1, 0.15) is 16.7 Å². The number of halogens is 1. The second-order valence-corrected chi connectivity index (χ2v) is 5.41. The second kappa shape index (κ2) is 5.07. The Hall–Kier alpha value is -2.59. The van der Waals surface area contributed by atoms with Crippen molar-refractivity contribution in [3.63, 3.8) is 0 Å². The van der Waals surface area contributed by atoms with E-state index in [9.17, 15) is 9.90 Å². The van der Waals surface area contributed by atoms with Crippen molar-refractivity contribution < 1.29 is 5.11 Å². The molecule has 2 aromatic heterocycles. The van der Waals surface area contributed by atoms with E-state index in [1.165, 1.54) is 6.20 Å². The molecule has 0 saturated heterocycles. The maximum atomic E-state index is 12.1. The number of aromatic amines is 1. The molecule has 0 aliphatic rings. The Bertz CT molecular complexity index is 919. The van der Waals surface area contributed by atoms with Crippen molar-refractivity contribution in [3.8, 4) is 11.9 Å². The molecule has 2 heterocycles. The molecule has 1 aromatic carbocycles. The molecule has 3 rings (SSSR count). The summed E-state index contributed by atoms with van der Waals surface area (Å²) in [5.74, 6) is -0.252. The van der Waals surface area contributed by atoms with Crippen LogP contribution in [0.25, 0.3) is 5.65 Å². The van der Waals surface area contributed by atoms with Gasteiger partial charge in [0.1, 0.15) is 11.6 Å². The first kappa shape index (κ1) is 13.4. The van der Waals surface area contributed by atoms with Crippen molar-refractivity contribution in [2.45, 2.75) is 6.42 Å². The van der Waals surface area contributed by atoms with E-state index in [-0.39, 0.29) is 29.1 Å². The molecule has 7 heteroatoms. The van der Waals surface area contributed by atoms with Crippen molar-refractivity contribution in [3.05, 3.63) is 62.0 Å². The fourth-order valence-electron chi connectivity index (χ4n) is 2.09. The van der Waals surface area contributed by atoms with Crippen LogP contribution in [0.15, 0.2) is 39.7 Å². The molecule has 0 bridgehead atoms. The van der Waals surface area contributed by atoms with Crippen molar-refractivity contribution in [1.82, 2.24) is 14.6 Å². The monoisotopic (exact) mass is 344 g/mol. The fourth-order valence-corrected chi connectivity index (χ4v) is 2.35. The maximum absolute atomic E-state index is 12.1. The molecule has 0 unspecified atom stereocenters. The Morgan fingerprint density at radius 2 is 2.10 bits per heavy atom. The molecule has 0 aliphatic heterocycles. The van der Waals surface area contributed by atoms with E-state index in [1.54, 1.807) is 0 Å². The first-order chi connectivity index (χ1) is 10.1. The molecule has 0 saturated carbocycles. The Kier molecular flexibility index (Phi) is 3.23. The lowest BCUT2D eigenvalue weighted by Crippen LogP contribution is -2.16. The summed E-state index contributed by atoms with van der Waals surface area (Å²) in [5.41, 5.74) is 1.06. The molecule has 21 heavy (non-hydrogen) atoms. The highest BCUT2D eigenvalue weighted by Gasteiger charge is 2.15. The quantitative estimate of drug-likeness (QED) is 0.742. The molecule has 0 atom stereocenters. The van der Waals surface area contributed by atoms with Gasteiger partial charge in [0.25, 0.3) is 5.56 Å². The largest absolute Gasteiger partial charge is 0.493 e. The zero-order valence-corrected chi connectivity index (χ0v) is 12.3. The highest BCUT2D eigenvalue weighted by atomic mass is 79.9. The van der Waals surface area contributed by atoms with Crippen molar-refractivity contribution in [1.29, 1.82) is 5.26 Å². The first-order valence-electron chi connectivity index (χ1n) is 6.06. The van der Waals surface area contributed by atoms with Gasteiger partial charge >= 0.3 is 0 Å². The standard InChI is InChI=1S/C14H9BrN4O2/c15-10-3-1-8(2-4-10)5-11-13(20)18-12-9(6-16)7-17-19(12)14(11)21/h1-4,7,21H,5H2,(H,18,20). The molecular weight excluding hydrogens is 336 g/mol. The number of hydrogen-bond acceptors (Lipinski definition) is 4. The number of fused-ring (bicyclic) bond motifs is 1. The summed E-state index contributed by atoms with van der Waals surface area (Å²) in [6.45, 7) is 0. The number of benzene rings is 1. The van der Waals surface area contributed by atoms with Gasteiger partial charge in [0, 0.05) is 10.9 Å². The van der Waals surface area contributed by atoms with Crippen LogP contribution >= 0.6 is 15.9 Å². The summed E-state index contributed by atoms with van der Waals surface area (Å²) in [7, 11) is 0. The lowest BCUT2D eigenvalue weighted by atomic mass is 10.1. The molecule has 104 valence electrons. The van der Waals surface area contributed by atoms with Crippen molar-refractivity contribution in [2.75, 3.05) is 0 Å². The van der Waals surface area contributed by atoms with E-state index < -0.39 is 5.56 Å². The summed E-state index contributed by atoms with van der Waals surface area (Å²) in [4.78, 5) is 14.7. The summed E-state index contributed by atoms with van der Waals surface area (Å²) in [5, 5.41) is 23.1. The van der Waals surface area contributed by atoms with Crippen LogP contribution in [0.2, 0.25) is 0 Å². The number of aromatic nitrogens is 3. The third-order valence-corrected chi connectivity index (χ3v) is 3.69. The smallest absolute Gasteiger partial charge is 0.258 e. The number of nitrogens with one attached hydrogen (secondary N) is 1. The molecule has 0 aliphatic carbocycles. The van der Waals surface area contributed by atoms with Crippen LogP contribution in [0.4, 0.5) is 0 Å². The van der Waals surface area contributed by atoms with Gasteiger partial charge in [-0.25, -0.2) is 0 Å². The average molecular weight is 345 g/mol. The number of H-pyrrole nitrogens is 1. The predicted octanol–water partition coefficient (Wildman–Crippen LogP) is 1.95. The van der Waals surface area contributed by atoms with E-state index in [0.717, 1.165) is 14.6 Å². The minimum Gasteiger partial charge on any atom is -0.493 e. The van der Waals surface area contributed by atoms with E-state index in [2.05, 4.69) is 26.0 Å². The number of nitriles is 1. The molecular formula is C14H9BrN4O2. The Morgan fingerprint density at radius 1 is 1.38 bits per heavy atom. The van der Waals surface area contributed by atoms with E-state index in [4.69, 9.17) is 5.26 Å². The van der Waals surface area contributed by atoms with Crippen LogP contribution in [-0.2, 0) is 6.42 Å². The molecule has 0 spiro atoms. The topological polar surface area (TPSA) is 94.2 Å². The zero-order chi connectivity index (χ0) is 15.0. The van der Waals surface area contributed by atoms with Gasteiger partial charge in [-0.15, -0.1) is 0 Å². The molecule has 2 N–H and O–H groups in total. The van der Waals surface area contributed by atoms with Gasteiger partial charge in [-0.2, -0.15) is 14.9 Å². The van der Waals surface area contributed by atoms with Crippen LogP contribution < -0.4 is 5.56 Å². The van der Waals surface area contributed by atoms with E-state index >= 15 is 0 Å². The zero-order valence-electron chi connectivity index (χ0n) is 10.7. The molecule has 0 amide bonds. The Balaban J connectivity index is 2.13. The van der Waals surface area contributed by atoms with E-state index in [1.807, 2.05) is 30.3 Å². The summed E-state index contributed by atoms with van der Waals surface area (Å²) in [6.07, 6.45) is 1.57. The van der Waals surface area contributed by atoms with Gasteiger partial charge in [-0.05, 0) is 17.7 Å². The van der Waals surface area contributed by atoms with Crippen molar-refractivity contribution in [2.24, 2.45) is 0 Å². The second-order valence-electron chi connectivity index (χ2n) is 4.49. The normalized spacial score (nSPS) is 10.7. The molecule has 3 aromatic rings. The predicted molar refractivity (Wildman–Crippen MR) is 79.1 cm³/mol. The van der Waals surface area contributed by atoms with Crippen LogP contribution in [0.3, 0.4) is 0 Å². The molecule has 0 radical (unpaired) electrons. The van der Waals surface area contributed by atoms with Gasteiger partial charge < -0.3 is 10.1 Å².